The lowest BCUT2D eigenvalue weighted by Gasteiger charge is -2.25. The molecular weight excluding hydrogens is 651 g/mol. The van der Waals surface area contributed by atoms with E-state index >= 15 is 0 Å². The van der Waals surface area contributed by atoms with Crippen LogP contribution in [0.1, 0.15) is 101 Å². The normalized spacial score (nSPS) is 12.5. The van der Waals surface area contributed by atoms with E-state index in [0.717, 1.165) is 60.8 Å². The van der Waals surface area contributed by atoms with Crippen LogP contribution in [-0.2, 0) is 0 Å². The zero-order valence-electron chi connectivity index (χ0n) is 31.8. The van der Waals surface area contributed by atoms with E-state index in [1.165, 1.54) is 39.1 Å². The molecule has 0 aliphatic heterocycles. The second kappa shape index (κ2) is 12.5. The Hall–Kier alpha value is -5.68. The highest BCUT2D eigenvalue weighted by Gasteiger charge is 2.26. The molecular formula is C48H45N3O2. The molecule has 0 atom stereocenters. The summed E-state index contributed by atoms with van der Waals surface area (Å²) in [6, 6.07) is 37.0. The summed E-state index contributed by atoms with van der Waals surface area (Å²) in [6.07, 6.45) is 0. The second-order valence-corrected chi connectivity index (χ2v) is 15.8. The molecule has 0 aliphatic carbocycles. The summed E-state index contributed by atoms with van der Waals surface area (Å²) in [4.78, 5) is 10.4. The maximum atomic E-state index is 6.74. The van der Waals surface area contributed by atoms with Crippen molar-refractivity contribution in [2.45, 2.75) is 79.1 Å². The Bertz CT molecular complexity index is 2810. The minimum atomic E-state index is 0.255. The van der Waals surface area contributed by atoms with Crippen LogP contribution in [0.15, 0.2) is 112 Å². The van der Waals surface area contributed by atoms with Crippen LogP contribution in [0.2, 0.25) is 0 Å². The van der Waals surface area contributed by atoms with E-state index in [9.17, 15) is 0 Å². The lowest BCUT2D eigenvalue weighted by molar-refractivity contribution is 0.652. The van der Waals surface area contributed by atoms with Gasteiger partial charge in [-0.25, -0.2) is 9.97 Å². The number of hydrogen-bond acceptors (Lipinski definition) is 4. The summed E-state index contributed by atoms with van der Waals surface area (Å²) in [5.74, 6) is 2.25. The molecule has 53 heavy (non-hydrogen) atoms. The highest BCUT2D eigenvalue weighted by atomic mass is 16.3. The Morgan fingerprint density at radius 3 is 1.87 bits per heavy atom. The summed E-state index contributed by atoms with van der Waals surface area (Å²) in [7, 11) is 0. The van der Waals surface area contributed by atoms with Gasteiger partial charge in [0.15, 0.2) is 5.58 Å². The van der Waals surface area contributed by atoms with Crippen LogP contribution in [0.25, 0.3) is 83.4 Å². The SMILES string of the molecule is CC(C)c1cc(-c2cc(C(C)C)c(-n3c(-c4cccc5c4oc4nc6c(cc45)oc4ccccc46)nc4ccccc43)c(C(C)C)c2)cc(C(C)C)c1. The van der Waals surface area contributed by atoms with Gasteiger partial charge in [0.1, 0.15) is 22.5 Å². The van der Waals surface area contributed by atoms with E-state index in [4.69, 9.17) is 18.8 Å². The molecule has 0 bridgehead atoms. The van der Waals surface area contributed by atoms with Crippen LogP contribution in [0.3, 0.4) is 0 Å². The molecule has 0 radical (unpaired) electrons. The molecule has 0 saturated carbocycles. The largest absolute Gasteiger partial charge is 0.454 e. The van der Waals surface area contributed by atoms with Gasteiger partial charge in [-0.05, 0) is 106 Å². The maximum absolute atomic E-state index is 6.74. The number of furan rings is 2. The number of fused-ring (bicyclic) bond motifs is 7. The van der Waals surface area contributed by atoms with E-state index in [0.29, 0.717) is 17.5 Å². The Morgan fingerprint density at radius 1 is 0.528 bits per heavy atom. The predicted molar refractivity (Wildman–Crippen MR) is 221 cm³/mol. The van der Waals surface area contributed by atoms with Crippen molar-refractivity contribution in [2.24, 2.45) is 0 Å². The first kappa shape index (κ1) is 33.2. The number of pyridine rings is 1. The van der Waals surface area contributed by atoms with Gasteiger partial charge in [-0.15, -0.1) is 0 Å². The smallest absolute Gasteiger partial charge is 0.228 e. The minimum absolute atomic E-state index is 0.255. The third-order valence-electron chi connectivity index (χ3n) is 10.9. The van der Waals surface area contributed by atoms with Gasteiger partial charge < -0.3 is 8.83 Å². The molecule has 4 heterocycles. The van der Waals surface area contributed by atoms with Gasteiger partial charge in [0, 0.05) is 10.8 Å². The number of hydrogen-bond donors (Lipinski definition) is 0. The van der Waals surface area contributed by atoms with Gasteiger partial charge in [0.25, 0.3) is 0 Å². The van der Waals surface area contributed by atoms with Crippen LogP contribution < -0.4 is 0 Å². The molecule has 5 aromatic carbocycles. The molecule has 5 nitrogen and oxygen atoms in total. The summed E-state index contributed by atoms with van der Waals surface area (Å²) in [6.45, 7) is 18.4. The Labute approximate surface area is 310 Å². The number of imidazole rings is 1. The zero-order valence-corrected chi connectivity index (χ0v) is 31.8. The molecule has 9 rings (SSSR count). The second-order valence-electron chi connectivity index (χ2n) is 15.8. The van der Waals surface area contributed by atoms with Crippen LogP contribution >= 0.6 is 0 Å². The number of aromatic nitrogens is 3. The van der Waals surface area contributed by atoms with Crippen LogP contribution in [0.4, 0.5) is 0 Å². The third kappa shape index (κ3) is 5.36. The van der Waals surface area contributed by atoms with Crippen molar-refractivity contribution in [3.05, 3.63) is 125 Å². The minimum Gasteiger partial charge on any atom is -0.454 e. The van der Waals surface area contributed by atoms with Crippen molar-refractivity contribution in [1.82, 2.24) is 14.5 Å². The highest BCUT2D eigenvalue weighted by molar-refractivity contribution is 6.13. The lowest BCUT2D eigenvalue weighted by Crippen LogP contribution is -2.09. The van der Waals surface area contributed by atoms with Crippen molar-refractivity contribution in [3.8, 4) is 28.2 Å². The first-order chi connectivity index (χ1) is 25.6. The quantitative estimate of drug-likeness (QED) is 0.167. The molecule has 4 aromatic heterocycles. The molecule has 0 fully saturated rings. The van der Waals surface area contributed by atoms with E-state index in [1.54, 1.807) is 0 Å². The number of benzene rings is 5. The Morgan fingerprint density at radius 2 is 1.17 bits per heavy atom. The summed E-state index contributed by atoms with van der Waals surface area (Å²) in [5.41, 5.74) is 15.8. The zero-order chi connectivity index (χ0) is 36.7. The lowest BCUT2D eigenvalue weighted by atomic mass is 9.86. The molecule has 0 aliphatic rings. The fraction of sp³-hybridized carbons (Fsp3) is 0.250. The number of rotatable bonds is 7. The first-order valence-corrected chi connectivity index (χ1v) is 19.0. The van der Waals surface area contributed by atoms with Crippen molar-refractivity contribution in [1.29, 1.82) is 0 Å². The van der Waals surface area contributed by atoms with Crippen LogP contribution in [-0.4, -0.2) is 14.5 Å². The first-order valence-electron chi connectivity index (χ1n) is 19.0. The molecule has 0 spiro atoms. The standard InChI is InChI=1S/C48H45N3O2/c1-26(2)30-20-31(27(3)4)22-32(21-30)33-23-37(28(5)6)45(38(24-33)29(7)8)51-41-18-11-10-17-40(41)49-47(51)36-16-13-15-34-39-25-43-44(50-48(39)53-46(34)36)35-14-9-12-19-42(35)52-43/h9-29H,1-8H3. The van der Waals surface area contributed by atoms with E-state index in [2.05, 4.69) is 139 Å². The molecule has 0 unspecified atom stereocenters. The van der Waals surface area contributed by atoms with E-state index < -0.39 is 0 Å². The van der Waals surface area contributed by atoms with Gasteiger partial charge in [0.2, 0.25) is 5.71 Å². The topological polar surface area (TPSA) is 57.0 Å². The average molecular weight is 696 g/mol. The monoisotopic (exact) mass is 695 g/mol. The average Bonchev–Trinajstić information content (AvgIpc) is 3.83. The highest BCUT2D eigenvalue weighted by Crippen LogP contribution is 2.43. The van der Waals surface area contributed by atoms with Crippen LogP contribution in [0, 0.1) is 0 Å². The van der Waals surface area contributed by atoms with Gasteiger partial charge in [-0.2, -0.15) is 0 Å². The Kier molecular flexibility index (Phi) is 7.81. The predicted octanol–water partition coefficient (Wildman–Crippen LogP) is 14.0. The summed E-state index contributed by atoms with van der Waals surface area (Å²) >= 11 is 0. The summed E-state index contributed by atoms with van der Waals surface area (Å²) < 4.78 is 15.4. The maximum Gasteiger partial charge on any atom is 0.228 e. The third-order valence-corrected chi connectivity index (χ3v) is 10.9. The van der Waals surface area contributed by atoms with Gasteiger partial charge in [-0.3, -0.25) is 4.57 Å². The van der Waals surface area contributed by atoms with Crippen molar-refractivity contribution >= 4 is 55.2 Å². The van der Waals surface area contributed by atoms with Crippen molar-refractivity contribution in [3.63, 3.8) is 0 Å². The molecule has 9 aromatic rings. The summed E-state index contributed by atoms with van der Waals surface area (Å²) in [5, 5.41) is 2.89. The molecule has 0 amide bonds. The van der Waals surface area contributed by atoms with Crippen LogP contribution in [0.5, 0.6) is 0 Å². The molecule has 0 N–H and O–H groups in total. The number of para-hydroxylation sites is 4. The van der Waals surface area contributed by atoms with Crippen molar-refractivity contribution in [2.75, 3.05) is 0 Å². The van der Waals surface area contributed by atoms with Gasteiger partial charge in [-0.1, -0.05) is 110 Å². The van der Waals surface area contributed by atoms with Gasteiger partial charge >= 0.3 is 0 Å². The van der Waals surface area contributed by atoms with Gasteiger partial charge in [0.05, 0.1) is 27.7 Å². The molecule has 264 valence electrons. The fourth-order valence-electron chi connectivity index (χ4n) is 7.95. The van der Waals surface area contributed by atoms with E-state index in [1.807, 2.05) is 24.3 Å². The molecule has 5 heteroatoms. The Balaban J connectivity index is 1.32. The molecule has 0 saturated heterocycles. The van der Waals surface area contributed by atoms with E-state index in [-0.39, 0.29) is 11.8 Å². The fourth-order valence-corrected chi connectivity index (χ4v) is 7.95. The number of nitrogens with zero attached hydrogens (tertiary/aromatic N) is 3. The van der Waals surface area contributed by atoms with Crippen molar-refractivity contribution < 1.29 is 8.83 Å².